The van der Waals surface area contributed by atoms with E-state index in [1.165, 1.54) is 18.2 Å². The SMILES string of the molecule is N#CC(C(=O)O)C(=O)c1ccccc1S(=O)(=O)O. The first-order valence-electron chi connectivity index (χ1n) is 4.52. The summed E-state index contributed by atoms with van der Waals surface area (Å²) in [5, 5.41) is 17.2. The molecule has 0 heterocycles. The molecule has 1 atom stereocenters. The van der Waals surface area contributed by atoms with Gasteiger partial charge in [0.1, 0.15) is 4.90 Å². The zero-order chi connectivity index (χ0) is 13.9. The summed E-state index contributed by atoms with van der Waals surface area (Å²) in [6, 6.07) is 5.76. The zero-order valence-electron chi connectivity index (χ0n) is 8.77. The maximum Gasteiger partial charge on any atom is 0.329 e. The van der Waals surface area contributed by atoms with E-state index in [4.69, 9.17) is 14.9 Å². The molecule has 1 aromatic carbocycles. The molecule has 0 radical (unpaired) electrons. The Kier molecular flexibility index (Phi) is 3.80. The first-order chi connectivity index (χ1) is 8.29. The van der Waals surface area contributed by atoms with Crippen molar-refractivity contribution in [3.05, 3.63) is 29.8 Å². The van der Waals surface area contributed by atoms with Crippen LogP contribution < -0.4 is 0 Å². The molecular formula is C10H7NO6S. The first kappa shape index (κ1) is 13.8. The van der Waals surface area contributed by atoms with Gasteiger partial charge in [-0.05, 0) is 12.1 Å². The Morgan fingerprint density at radius 2 is 1.83 bits per heavy atom. The summed E-state index contributed by atoms with van der Waals surface area (Å²) in [5.41, 5.74) is -0.533. The van der Waals surface area contributed by atoms with E-state index in [0.717, 1.165) is 12.1 Å². The van der Waals surface area contributed by atoms with Gasteiger partial charge in [-0.3, -0.25) is 14.1 Å². The van der Waals surface area contributed by atoms with Gasteiger partial charge >= 0.3 is 5.97 Å². The Bertz CT molecular complexity index is 643. The molecule has 1 unspecified atom stereocenters. The smallest absolute Gasteiger partial charge is 0.329 e. The number of aliphatic carboxylic acids is 1. The highest BCUT2D eigenvalue weighted by Crippen LogP contribution is 2.18. The molecule has 2 N–H and O–H groups in total. The first-order valence-corrected chi connectivity index (χ1v) is 5.96. The van der Waals surface area contributed by atoms with E-state index in [0.29, 0.717) is 0 Å². The van der Waals surface area contributed by atoms with Crippen LogP contribution in [0.5, 0.6) is 0 Å². The lowest BCUT2D eigenvalue weighted by Crippen LogP contribution is -2.23. The second kappa shape index (κ2) is 4.95. The third-order valence-electron chi connectivity index (χ3n) is 2.07. The fourth-order valence-electron chi connectivity index (χ4n) is 1.28. The van der Waals surface area contributed by atoms with E-state index < -0.39 is 38.2 Å². The predicted octanol–water partition coefficient (Wildman–Crippen LogP) is 0.340. The number of nitrogens with zero attached hydrogens (tertiary/aromatic N) is 1. The molecule has 0 aliphatic carbocycles. The molecule has 0 aromatic heterocycles. The summed E-state index contributed by atoms with van der Waals surface area (Å²) < 4.78 is 30.9. The zero-order valence-corrected chi connectivity index (χ0v) is 9.59. The van der Waals surface area contributed by atoms with Crippen LogP contribution >= 0.6 is 0 Å². The molecule has 0 bridgehead atoms. The third kappa shape index (κ3) is 2.71. The summed E-state index contributed by atoms with van der Waals surface area (Å²) in [5.74, 6) is -4.90. The molecule has 0 aliphatic rings. The molecular weight excluding hydrogens is 262 g/mol. The van der Waals surface area contributed by atoms with Gasteiger partial charge in [-0.2, -0.15) is 13.7 Å². The largest absolute Gasteiger partial charge is 0.480 e. The Morgan fingerprint density at radius 3 is 2.28 bits per heavy atom. The highest BCUT2D eigenvalue weighted by Gasteiger charge is 2.30. The minimum atomic E-state index is -4.67. The lowest BCUT2D eigenvalue weighted by Gasteiger charge is -2.07. The van der Waals surface area contributed by atoms with Gasteiger partial charge in [0.25, 0.3) is 10.1 Å². The number of carboxylic acids is 1. The second-order valence-electron chi connectivity index (χ2n) is 3.24. The fraction of sp³-hybridized carbons (Fsp3) is 0.100. The van der Waals surface area contributed by atoms with Crippen LogP contribution in [0, 0.1) is 17.2 Å². The number of rotatable bonds is 4. The van der Waals surface area contributed by atoms with Gasteiger partial charge in [0.2, 0.25) is 5.92 Å². The quantitative estimate of drug-likeness (QED) is 0.457. The Balaban J connectivity index is 3.40. The van der Waals surface area contributed by atoms with Gasteiger partial charge in [-0.15, -0.1) is 0 Å². The molecule has 94 valence electrons. The van der Waals surface area contributed by atoms with Crippen LogP contribution in [0.4, 0.5) is 0 Å². The van der Waals surface area contributed by atoms with E-state index in [1.807, 2.05) is 0 Å². The number of carboxylic acid groups (broad SMARTS) is 1. The van der Waals surface area contributed by atoms with E-state index in [2.05, 4.69) is 0 Å². The van der Waals surface area contributed by atoms with Gasteiger partial charge in [-0.25, -0.2) is 0 Å². The highest BCUT2D eigenvalue weighted by molar-refractivity contribution is 7.86. The van der Waals surface area contributed by atoms with E-state index in [9.17, 15) is 18.0 Å². The van der Waals surface area contributed by atoms with E-state index in [1.54, 1.807) is 0 Å². The third-order valence-corrected chi connectivity index (χ3v) is 2.98. The molecule has 8 heteroatoms. The van der Waals surface area contributed by atoms with Crippen LogP contribution in [0.15, 0.2) is 29.2 Å². The van der Waals surface area contributed by atoms with Gasteiger partial charge in [-0.1, -0.05) is 12.1 Å². The molecule has 0 saturated carbocycles. The lowest BCUT2D eigenvalue weighted by atomic mass is 9.99. The van der Waals surface area contributed by atoms with E-state index >= 15 is 0 Å². The monoisotopic (exact) mass is 269 g/mol. The van der Waals surface area contributed by atoms with Crippen molar-refractivity contribution < 1.29 is 27.7 Å². The minimum absolute atomic E-state index is 0.533. The van der Waals surface area contributed by atoms with Crippen LogP contribution in [0.1, 0.15) is 10.4 Å². The van der Waals surface area contributed by atoms with Gasteiger partial charge in [0, 0.05) is 5.56 Å². The van der Waals surface area contributed by atoms with Gasteiger partial charge in [0.15, 0.2) is 5.78 Å². The van der Waals surface area contributed by atoms with Crippen molar-refractivity contribution in [2.75, 3.05) is 0 Å². The summed E-state index contributed by atoms with van der Waals surface area (Å²) in [6.45, 7) is 0. The maximum atomic E-state index is 11.7. The summed E-state index contributed by atoms with van der Waals surface area (Å²) in [4.78, 5) is 21.6. The number of hydrogen-bond acceptors (Lipinski definition) is 5. The normalized spacial score (nSPS) is 12.4. The molecule has 1 aromatic rings. The number of nitriles is 1. The second-order valence-corrected chi connectivity index (χ2v) is 4.63. The number of carbonyl (C=O) groups excluding carboxylic acids is 1. The standard InChI is InChI=1S/C10H7NO6S/c11-5-7(10(13)14)9(12)6-3-1-2-4-8(6)18(15,16)17/h1-4,7H,(H,13,14)(H,15,16,17). The van der Waals surface area contributed by atoms with Crippen molar-refractivity contribution in [3.63, 3.8) is 0 Å². The lowest BCUT2D eigenvalue weighted by molar-refractivity contribution is -0.138. The molecule has 0 aliphatic heterocycles. The van der Waals surface area contributed by atoms with Crippen LogP contribution in [-0.2, 0) is 14.9 Å². The maximum absolute atomic E-state index is 11.7. The van der Waals surface area contributed by atoms with Gasteiger partial charge in [0.05, 0.1) is 6.07 Å². The molecule has 0 saturated heterocycles. The van der Waals surface area contributed by atoms with Crippen molar-refractivity contribution in [1.29, 1.82) is 5.26 Å². The number of hydrogen-bond donors (Lipinski definition) is 2. The van der Waals surface area contributed by atoms with Crippen molar-refractivity contribution in [2.45, 2.75) is 4.90 Å². The summed E-state index contributed by atoms with van der Waals surface area (Å²) in [6.07, 6.45) is 0. The summed E-state index contributed by atoms with van der Waals surface area (Å²) >= 11 is 0. The summed E-state index contributed by atoms with van der Waals surface area (Å²) in [7, 11) is -4.67. The molecule has 0 fully saturated rings. The van der Waals surface area contributed by atoms with E-state index in [-0.39, 0.29) is 0 Å². The molecule has 18 heavy (non-hydrogen) atoms. The molecule has 7 nitrogen and oxygen atoms in total. The molecule has 0 amide bonds. The number of benzene rings is 1. The van der Waals surface area contributed by atoms with Crippen LogP contribution in [-0.4, -0.2) is 29.8 Å². The predicted molar refractivity (Wildman–Crippen MR) is 57.3 cm³/mol. The van der Waals surface area contributed by atoms with Crippen molar-refractivity contribution >= 4 is 21.9 Å². The number of carbonyl (C=O) groups is 2. The minimum Gasteiger partial charge on any atom is -0.480 e. The molecule has 1 rings (SSSR count). The van der Waals surface area contributed by atoms with Crippen LogP contribution in [0.25, 0.3) is 0 Å². The highest BCUT2D eigenvalue weighted by atomic mass is 32.2. The fourth-order valence-corrected chi connectivity index (χ4v) is 1.97. The van der Waals surface area contributed by atoms with Gasteiger partial charge < -0.3 is 5.11 Å². The van der Waals surface area contributed by atoms with Crippen LogP contribution in [0.2, 0.25) is 0 Å². The number of ketones is 1. The average Bonchev–Trinajstić information content (AvgIpc) is 2.28. The van der Waals surface area contributed by atoms with Crippen LogP contribution in [0.3, 0.4) is 0 Å². The van der Waals surface area contributed by atoms with Crippen molar-refractivity contribution in [3.8, 4) is 6.07 Å². The Morgan fingerprint density at radius 1 is 1.28 bits per heavy atom. The number of Topliss-reactive ketones (excluding diaryl/α,β-unsaturated/α-hetero) is 1. The Labute approximate surface area is 102 Å². The molecule has 0 spiro atoms. The van der Waals surface area contributed by atoms with Crippen molar-refractivity contribution in [1.82, 2.24) is 0 Å². The van der Waals surface area contributed by atoms with Crippen molar-refractivity contribution in [2.24, 2.45) is 5.92 Å². The topological polar surface area (TPSA) is 133 Å². The average molecular weight is 269 g/mol. The Hall–Kier alpha value is -2.24.